The van der Waals surface area contributed by atoms with Gasteiger partial charge in [0.1, 0.15) is 0 Å². The molecule has 0 saturated carbocycles. The lowest BCUT2D eigenvalue weighted by atomic mass is 9.92. The predicted octanol–water partition coefficient (Wildman–Crippen LogP) is 2.20. The molecule has 3 N–H and O–H groups in total. The second kappa shape index (κ2) is 7.74. The number of piperidine rings is 1. The average Bonchev–Trinajstić information content (AvgIpc) is 2.47. The highest BCUT2D eigenvalue weighted by Gasteiger charge is 2.24. The third-order valence-corrected chi connectivity index (χ3v) is 4.37. The third-order valence-electron chi connectivity index (χ3n) is 3.88. The Morgan fingerprint density at radius 2 is 2.18 bits per heavy atom. The van der Waals surface area contributed by atoms with Crippen LogP contribution in [0.2, 0.25) is 0 Å². The van der Waals surface area contributed by atoms with Crippen molar-refractivity contribution < 1.29 is 9.59 Å². The summed E-state index contributed by atoms with van der Waals surface area (Å²) in [6.07, 6.45) is 1.64. The van der Waals surface area contributed by atoms with Crippen LogP contribution in [0.25, 0.3) is 0 Å². The van der Waals surface area contributed by atoms with Crippen LogP contribution in [0.15, 0.2) is 22.7 Å². The van der Waals surface area contributed by atoms with Crippen molar-refractivity contribution in [2.75, 3.05) is 18.4 Å². The molecule has 1 saturated heterocycles. The van der Waals surface area contributed by atoms with Gasteiger partial charge in [0.15, 0.2) is 0 Å². The van der Waals surface area contributed by atoms with Crippen molar-refractivity contribution in [2.24, 2.45) is 5.92 Å². The predicted molar refractivity (Wildman–Crippen MR) is 90.7 cm³/mol. The Morgan fingerprint density at radius 3 is 2.86 bits per heavy atom. The number of carbonyl (C=O) groups is 2. The maximum atomic E-state index is 12.1. The lowest BCUT2D eigenvalue weighted by molar-refractivity contribution is -0.128. The lowest BCUT2D eigenvalue weighted by Crippen LogP contribution is -2.44. The molecule has 1 aromatic rings. The fourth-order valence-electron chi connectivity index (χ4n) is 2.64. The normalized spacial score (nSPS) is 21.2. The molecule has 2 rings (SSSR count). The second-order valence-corrected chi connectivity index (χ2v) is 6.72. The molecule has 1 heterocycles. The SMILES string of the molecule is Cc1cc(Br)ccc1NC(=O)CNC(=O)[C@H]1CCN[C@@H](C)C1. The van der Waals surface area contributed by atoms with Crippen LogP contribution in [-0.2, 0) is 9.59 Å². The van der Waals surface area contributed by atoms with Gasteiger partial charge in [0, 0.05) is 22.1 Å². The van der Waals surface area contributed by atoms with Gasteiger partial charge in [0.2, 0.25) is 11.8 Å². The Balaban J connectivity index is 1.81. The summed E-state index contributed by atoms with van der Waals surface area (Å²) in [5, 5.41) is 8.87. The van der Waals surface area contributed by atoms with Crippen molar-refractivity contribution in [1.82, 2.24) is 10.6 Å². The van der Waals surface area contributed by atoms with Crippen LogP contribution in [0.3, 0.4) is 0 Å². The summed E-state index contributed by atoms with van der Waals surface area (Å²) in [6, 6.07) is 6.00. The molecule has 0 aliphatic carbocycles. The summed E-state index contributed by atoms with van der Waals surface area (Å²) in [4.78, 5) is 24.0. The highest BCUT2D eigenvalue weighted by atomic mass is 79.9. The van der Waals surface area contributed by atoms with Crippen molar-refractivity contribution >= 4 is 33.4 Å². The van der Waals surface area contributed by atoms with Crippen molar-refractivity contribution in [3.63, 3.8) is 0 Å². The topological polar surface area (TPSA) is 70.2 Å². The third kappa shape index (κ3) is 4.81. The maximum Gasteiger partial charge on any atom is 0.243 e. The Hall–Kier alpha value is -1.40. The smallest absolute Gasteiger partial charge is 0.243 e. The summed E-state index contributed by atoms with van der Waals surface area (Å²) < 4.78 is 0.969. The largest absolute Gasteiger partial charge is 0.347 e. The molecule has 0 unspecified atom stereocenters. The van der Waals surface area contributed by atoms with Gasteiger partial charge >= 0.3 is 0 Å². The number of amides is 2. The molecule has 1 aromatic carbocycles. The van der Waals surface area contributed by atoms with Crippen LogP contribution in [0.5, 0.6) is 0 Å². The van der Waals surface area contributed by atoms with Gasteiger partial charge in [-0.15, -0.1) is 0 Å². The van der Waals surface area contributed by atoms with E-state index in [9.17, 15) is 9.59 Å². The van der Waals surface area contributed by atoms with Gasteiger partial charge in [-0.3, -0.25) is 9.59 Å². The fourth-order valence-corrected chi connectivity index (χ4v) is 3.12. The van der Waals surface area contributed by atoms with E-state index < -0.39 is 0 Å². The monoisotopic (exact) mass is 367 g/mol. The van der Waals surface area contributed by atoms with Gasteiger partial charge in [0.05, 0.1) is 6.54 Å². The molecule has 1 fully saturated rings. The van der Waals surface area contributed by atoms with Crippen LogP contribution in [-0.4, -0.2) is 30.9 Å². The van der Waals surface area contributed by atoms with Gasteiger partial charge in [-0.25, -0.2) is 0 Å². The summed E-state index contributed by atoms with van der Waals surface area (Å²) >= 11 is 3.39. The minimum absolute atomic E-state index is 0.00142. The van der Waals surface area contributed by atoms with Crippen LogP contribution in [0, 0.1) is 12.8 Å². The number of carbonyl (C=O) groups excluding carboxylic acids is 2. The number of hydrogen-bond acceptors (Lipinski definition) is 3. The Kier molecular flexibility index (Phi) is 5.97. The van der Waals surface area contributed by atoms with Gasteiger partial charge in [-0.2, -0.15) is 0 Å². The van der Waals surface area contributed by atoms with Crippen LogP contribution < -0.4 is 16.0 Å². The fraction of sp³-hybridized carbons (Fsp3) is 0.500. The molecule has 2 amide bonds. The minimum Gasteiger partial charge on any atom is -0.347 e. The molecule has 1 aliphatic rings. The molecule has 5 nitrogen and oxygen atoms in total. The molecule has 6 heteroatoms. The quantitative estimate of drug-likeness (QED) is 0.763. The van der Waals surface area contributed by atoms with E-state index in [-0.39, 0.29) is 24.3 Å². The first-order valence-corrected chi connectivity index (χ1v) is 8.32. The van der Waals surface area contributed by atoms with Crippen molar-refractivity contribution in [1.29, 1.82) is 0 Å². The molecule has 2 atom stereocenters. The van der Waals surface area contributed by atoms with Crippen molar-refractivity contribution in [2.45, 2.75) is 32.7 Å². The molecule has 0 radical (unpaired) electrons. The zero-order chi connectivity index (χ0) is 16.1. The maximum absolute atomic E-state index is 12.1. The Morgan fingerprint density at radius 1 is 1.41 bits per heavy atom. The molecule has 120 valence electrons. The highest BCUT2D eigenvalue weighted by molar-refractivity contribution is 9.10. The van der Waals surface area contributed by atoms with Crippen LogP contribution in [0.1, 0.15) is 25.3 Å². The minimum atomic E-state index is -0.208. The first-order valence-electron chi connectivity index (χ1n) is 7.53. The number of rotatable bonds is 4. The van der Waals surface area contributed by atoms with E-state index >= 15 is 0 Å². The second-order valence-electron chi connectivity index (χ2n) is 5.80. The first kappa shape index (κ1) is 17.0. The van der Waals surface area contributed by atoms with Crippen LogP contribution >= 0.6 is 15.9 Å². The molecule has 0 aromatic heterocycles. The number of aryl methyl sites for hydroxylation is 1. The molecule has 22 heavy (non-hydrogen) atoms. The van der Waals surface area contributed by atoms with E-state index in [1.807, 2.05) is 25.1 Å². The van der Waals surface area contributed by atoms with Gasteiger partial charge in [-0.05, 0) is 57.0 Å². The summed E-state index contributed by atoms with van der Waals surface area (Å²) in [5.41, 5.74) is 1.74. The zero-order valence-corrected chi connectivity index (χ0v) is 14.5. The summed E-state index contributed by atoms with van der Waals surface area (Å²) in [5.74, 6) is -0.241. The van der Waals surface area contributed by atoms with E-state index in [0.717, 1.165) is 35.1 Å². The highest BCUT2D eigenvalue weighted by Crippen LogP contribution is 2.20. The summed E-state index contributed by atoms with van der Waals surface area (Å²) in [7, 11) is 0. The standard InChI is InChI=1S/C16H22BrN3O2/c1-10-7-13(17)3-4-14(10)20-15(21)9-19-16(22)12-5-6-18-11(2)8-12/h3-4,7,11-12,18H,5-6,8-9H2,1-2H3,(H,19,22)(H,20,21)/t11-,12-/m0/s1. The van der Waals surface area contributed by atoms with E-state index in [2.05, 4.69) is 38.8 Å². The average molecular weight is 368 g/mol. The van der Waals surface area contributed by atoms with Gasteiger partial charge in [-0.1, -0.05) is 15.9 Å². The number of benzene rings is 1. The lowest BCUT2D eigenvalue weighted by Gasteiger charge is -2.27. The summed E-state index contributed by atoms with van der Waals surface area (Å²) in [6.45, 7) is 4.86. The Bertz CT molecular complexity index is 562. The van der Waals surface area contributed by atoms with E-state index in [4.69, 9.17) is 0 Å². The van der Waals surface area contributed by atoms with E-state index in [1.54, 1.807) is 0 Å². The van der Waals surface area contributed by atoms with E-state index in [0.29, 0.717) is 6.04 Å². The zero-order valence-electron chi connectivity index (χ0n) is 12.9. The molecule has 0 spiro atoms. The number of hydrogen-bond donors (Lipinski definition) is 3. The van der Waals surface area contributed by atoms with Gasteiger partial charge < -0.3 is 16.0 Å². The Labute approximate surface area is 139 Å². The van der Waals surface area contributed by atoms with Crippen LogP contribution in [0.4, 0.5) is 5.69 Å². The van der Waals surface area contributed by atoms with Crippen molar-refractivity contribution in [3.8, 4) is 0 Å². The number of halogens is 1. The molecular weight excluding hydrogens is 346 g/mol. The number of nitrogens with one attached hydrogen (secondary N) is 3. The van der Waals surface area contributed by atoms with Gasteiger partial charge in [0.25, 0.3) is 0 Å². The first-order chi connectivity index (χ1) is 10.5. The van der Waals surface area contributed by atoms with Crippen molar-refractivity contribution in [3.05, 3.63) is 28.2 Å². The van der Waals surface area contributed by atoms with E-state index in [1.165, 1.54) is 0 Å². The molecule has 0 bridgehead atoms. The molecular formula is C16H22BrN3O2. The molecule has 1 aliphatic heterocycles. The number of anilines is 1.